The van der Waals surface area contributed by atoms with Gasteiger partial charge in [-0.1, -0.05) is 41.4 Å². The molecule has 0 spiro atoms. The Kier molecular flexibility index (Phi) is 8.25. The topological polar surface area (TPSA) is 103 Å². The first-order valence-electron chi connectivity index (χ1n) is 11.0. The van der Waals surface area contributed by atoms with E-state index in [1.807, 2.05) is 32.9 Å². The van der Waals surface area contributed by atoms with Gasteiger partial charge in [0.15, 0.2) is 0 Å². The van der Waals surface area contributed by atoms with E-state index >= 15 is 0 Å². The smallest absolute Gasteiger partial charge is 0.338 e. The molecule has 9 heteroatoms. The lowest BCUT2D eigenvalue weighted by Gasteiger charge is -2.19. The summed E-state index contributed by atoms with van der Waals surface area (Å²) in [7, 11) is 0. The molecule has 0 aliphatic rings. The van der Waals surface area contributed by atoms with Crippen LogP contribution in [0.2, 0.25) is 10.0 Å². The van der Waals surface area contributed by atoms with Crippen molar-refractivity contribution in [2.45, 2.75) is 45.9 Å². The predicted molar refractivity (Wildman–Crippen MR) is 138 cm³/mol. The zero-order chi connectivity index (χ0) is 25.8. The van der Waals surface area contributed by atoms with E-state index < -0.39 is 17.5 Å². The van der Waals surface area contributed by atoms with Crippen LogP contribution in [0.3, 0.4) is 0 Å². The van der Waals surface area contributed by atoms with E-state index in [0.29, 0.717) is 40.5 Å². The van der Waals surface area contributed by atoms with Crippen LogP contribution in [-0.2, 0) is 24.2 Å². The van der Waals surface area contributed by atoms with Crippen molar-refractivity contribution in [1.82, 2.24) is 4.57 Å². The Bertz CT molecular complexity index is 1300. The van der Waals surface area contributed by atoms with Gasteiger partial charge >= 0.3 is 5.97 Å². The van der Waals surface area contributed by atoms with E-state index in [1.165, 1.54) is 10.6 Å². The van der Waals surface area contributed by atoms with Crippen molar-refractivity contribution in [3.63, 3.8) is 0 Å². The number of halogens is 2. The van der Waals surface area contributed by atoms with Crippen molar-refractivity contribution in [2.24, 2.45) is 5.73 Å². The first kappa shape index (κ1) is 26.3. The van der Waals surface area contributed by atoms with E-state index in [1.54, 1.807) is 36.4 Å². The number of esters is 1. The average Bonchev–Trinajstić information content (AvgIpc) is 2.79. The number of nitrogens with zero attached hydrogens (tertiary/aromatic N) is 1. The molecular formula is C26H27Cl2N3O4. The number of amides is 1. The number of nitrogens with two attached hydrogens (primary N) is 1. The maximum atomic E-state index is 12.8. The molecule has 0 radical (unpaired) electrons. The zero-order valence-electron chi connectivity index (χ0n) is 19.7. The Morgan fingerprint density at radius 3 is 2.31 bits per heavy atom. The Morgan fingerprint density at radius 1 is 1.00 bits per heavy atom. The van der Waals surface area contributed by atoms with Gasteiger partial charge in [0.05, 0.1) is 22.8 Å². The number of ether oxygens (including phenoxy) is 1. The minimum atomic E-state index is -0.575. The highest BCUT2D eigenvalue weighted by molar-refractivity contribution is 6.34. The molecule has 0 aliphatic carbocycles. The molecular weight excluding hydrogens is 489 g/mol. The Labute approximate surface area is 213 Å². The first-order valence-corrected chi connectivity index (χ1v) is 11.7. The molecule has 3 N–H and O–H groups in total. The molecule has 0 saturated carbocycles. The number of pyridine rings is 1. The lowest BCUT2D eigenvalue weighted by Crippen LogP contribution is -2.26. The number of rotatable bonds is 8. The first-order chi connectivity index (χ1) is 16.4. The van der Waals surface area contributed by atoms with E-state index in [4.69, 9.17) is 33.7 Å². The third kappa shape index (κ3) is 7.10. The number of benzene rings is 2. The van der Waals surface area contributed by atoms with Crippen molar-refractivity contribution in [3.05, 3.63) is 97.4 Å². The van der Waals surface area contributed by atoms with Gasteiger partial charge in [-0.3, -0.25) is 9.59 Å². The minimum Gasteiger partial charge on any atom is -0.456 e. The normalized spacial score (nSPS) is 11.2. The fourth-order valence-corrected chi connectivity index (χ4v) is 3.95. The van der Waals surface area contributed by atoms with Gasteiger partial charge in [0.1, 0.15) is 10.6 Å². The van der Waals surface area contributed by atoms with Crippen LogP contribution in [-0.4, -0.2) is 22.0 Å². The number of carbonyl (C=O) groups is 2. The molecule has 1 heterocycles. The molecule has 0 fully saturated rings. The van der Waals surface area contributed by atoms with Crippen molar-refractivity contribution < 1.29 is 14.3 Å². The standard InChI is InChI=1S/C26H27Cl2N3O4/c1-26(2,3)35-25(34)17-9-7-16(8-10-17)11-12-31-22(20(27)14-21(28)24(31)33)15-30-19-6-4-5-18(13-19)23(29)32/h4-10,13-14,30H,11-12,15H2,1-3H3,(H2,29,32). The molecule has 0 aliphatic heterocycles. The molecule has 7 nitrogen and oxygen atoms in total. The number of nitrogens with one attached hydrogen (secondary N) is 1. The third-order valence-electron chi connectivity index (χ3n) is 5.12. The second kappa shape index (κ2) is 11.0. The quantitative estimate of drug-likeness (QED) is 0.407. The molecule has 35 heavy (non-hydrogen) atoms. The lowest BCUT2D eigenvalue weighted by molar-refractivity contribution is 0.00694. The summed E-state index contributed by atoms with van der Waals surface area (Å²) in [6.07, 6.45) is 0.509. The number of hydrogen-bond acceptors (Lipinski definition) is 5. The van der Waals surface area contributed by atoms with E-state index in [9.17, 15) is 14.4 Å². The van der Waals surface area contributed by atoms with Gasteiger partial charge in [-0.2, -0.15) is 0 Å². The van der Waals surface area contributed by atoms with Crippen LogP contribution in [0, 0.1) is 0 Å². The molecule has 0 saturated heterocycles. The van der Waals surface area contributed by atoms with Crippen molar-refractivity contribution >= 4 is 40.8 Å². The van der Waals surface area contributed by atoms with Gasteiger partial charge < -0.3 is 20.4 Å². The maximum absolute atomic E-state index is 12.8. The predicted octanol–water partition coefficient (Wildman–Crippen LogP) is 5.06. The molecule has 184 valence electrons. The summed E-state index contributed by atoms with van der Waals surface area (Å²) in [4.78, 5) is 36.5. The summed E-state index contributed by atoms with van der Waals surface area (Å²) in [5.41, 5.74) is 7.37. The highest BCUT2D eigenvalue weighted by atomic mass is 35.5. The Hall–Kier alpha value is -3.29. The number of carbonyl (C=O) groups excluding carboxylic acids is 2. The molecule has 1 amide bonds. The van der Waals surface area contributed by atoms with Crippen LogP contribution >= 0.6 is 23.2 Å². The van der Waals surface area contributed by atoms with Crippen LogP contribution in [0.5, 0.6) is 0 Å². The van der Waals surface area contributed by atoms with Crippen LogP contribution in [0.1, 0.15) is 52.7 Å². The van der Waals surface area contributed by atoms with Crippen LogP contribution in [0.25, 0.3) is 0 Å². The number of primary amides is 1. The lowest BCUT2D eigenvalue weighted by atomic mass is 10.1. The Balaban J connectivity index is 1.77. The van der Waals surface area contributed by atoms with Crippen LogP contribution in [0.15, 0.2) is 59.4 Å². The Morgan fingerprint density at radius 2 is 1.69 bits per heavy atom. The summed E-state index contributed by atoms with van der Waals surface area (Å²) in [5.74, 6) is -0.927. The summed E-state index contributed by atoms with van der Waals surface area (Å²) in [6.45, 7) is 5.99. The van der Waals surface area contributed by atoms with Crippen molar-refractivity contribution in [2.75, 3.05) is 5.32 Å². The van der Waals surface area contributed by atoms with Crippen LogP contribution < -0.4 is 16.6 Å². The van der Waals surface area contributed by atoms with Gasteiger partial charge in [0, 0.05) is 17.8 Å². The van der Waals surface area contributed by atoms with E-state index in [2.05, 4.69) is 5.32 Å². The summed E-state index contributed by atoms with van der Waals surface area (Å²) in [5, 5.41) is 3.54. The maximum Gasteiger partial charge on any atom is 0.338 e. The number of aromatic nitrogens is 1. The summed E-state index contributed by atoms with van der Waals surface area (Å²) in [6, 6.07) is 15.2. The molecule has 0 unspecified atom stereocenters. The van der Waals surface area contributed by atoms with Gasteiger partial charge in [0.2, 0.25) is 5.91 Å². The third-order valence-corrected chi connectivity index (χ3v) is 5.72. The van der Waals surface area contributed by atoms with Crippen LogP contribution in [0.4, 0.5) is 5.69 Å². The average molecular weight is 516 g/mol. The van der Waals surface area contributed by atoms with E-state index in [-0.39, 0.29) is 17.1 Å². The highest BCUT2D eigenvalue weighted by Gasteiger charge is 2.18. The molecule has 0 bridgehead atoms. The van der Waals surface area contributed by atoms with E-state index in [0.717, 1.165) is 5.56 Å². The number of anilines is 1. The van der Waals surface area contributed by atoms with Crippen molar-refractivity contribution in [3.8, 4) is 0 Å². The van der Waals surface area contributed by atoms with Gasteiger partial charge in [-0.05, 0) is 69.2 Å². The molecule has 1 aromatic heterocycles. The molecule has 2 aromatic carbocycles. The second-order valence-corrected chi connectivity index (χ2v) is 9.81. The fourth-order valence-electron chi connectivity index (χ4n) is 3.41. The molecule has 3 aromatic rings. The van der Waals surface area contributed by atoms with Gasteiger partial charge in [-0.15, -0.1) is 0 Å². The van der Waals surface area contributed by atoms with Gasteiger partial charge in [-0.25, -0.2) is 4.79 Å². The molecule has 3 rings (SSSR count). The fraction of sp³-hybridized carbons (Fsp3) is 0.269. The highest BCUT2D eigenvalue weighted by Crippen LogP contribution is 2.21. The number of hydrogen-bond donors (Lipinski definition) is 2. The number of aryl methyl sites for hydroxylation is 1. The second-order valence-electron chi connectivity index (χ2n) is 8.99. The monoisotopic (exact) mass is 515 g/mol. The SMILES string of the molecule is CC(C)(C)OC(=O)c1ccc(CCn2c(CNc3cccc(C(N)=O)c3)c(Cl)cc(Cl)c2=O)cc1. The molecule has 0 atom stereocenters. The van der Waals surface area contributed by atoms with Gasteiger partial charge in [0.25, 0.3) is 5.56 Å². The minimum absolute atomic E-state index is 0.0229. The largest absolute Gasteiger partial charge is 0.456 e. The zero-order valence-corrected chi connectivity index (χ0v) is 21.2. The summed E-state index contributed by atoms with van der Waals surface area (Å²) >= 11 is 12.5. The van der Waals surface area contributed by atoms with Crippen molar-refractivity contribution in [1.29, 1.82) is 0 Å². The summed E-state index contributed by atoms with van der Waals surface area (Å²) < 4.78 is 6.91.